The maximum Gasteiger partial charge on any atom is 0.337 e. The summed E-state index contributed by atoms with van der Waals surface area (Å²) in [4.78, 5) is 11.7. The monoisotopic (exact) mass is 319 g/mol. The largest absolute Gasteiger partial charge is 0.478 e. The van der Waals surface area contributed by atoms with Crippen LogP contribution in [0.4, 0.5) is 5.69 Å². The van der Waals surface area contributed by atoms with Crippen molar-refractivity contribution in [1.29, 1.82) is 0 Å². The molecule has 2 aromatic rings. The molecule has 2 aromatic carbocycles. The molecule has 0 amide bonds. The Hall–Kier alpha value is -2.29. The zero-order chi connectivity index (χ0) is 16.3. The van der Waals surface area contributed by atoms with E-state index in [1.165, 1.54) is 30.4 Å². The number of fused-ring (bicyclic) bond motifs is 7. The van der Waals surface area contributed by atoms with Gasteiger partial charge in [0.1, 0.15) is 0 Å². The van der Waals surface area contributed by atoms with Gasteiger partial charge in [0.05, 0.1) is 17.3 Å². The lowest BCUT2D eigenvalue weighted by molar-refractivity contribution is 0.0697. The molecule has 5 rings (SSSR count). The summed E-state index contributed by atoms with van der Waals surface area (Å²) >= 11 is 0. The van der Waals surface area contributed by atoms with Crippen molar-refractivity contribution >= 4 is 11.7 Å². The molecule has 0 unspecified atom stereocenters. The van der Waals surface area contributed by atoms with Crippen LogP contribution >= 0.6 is 0 Å². The number of carbonyl (C=O) groups is 1. The van der Waals surface area contributed by atoms with E-state index in [4.69, 9.17) is 0 Å². The van der Waals surface area contributed by atoms with Crippen LogP contribution in [0.1, 0.15) is 52.7 Å². The molecule has 122 valence electrons. The summed E-state index contributed by atoms with van der Waals surface area (Å²) in [5.41, 5.74) is 3.78. The second-order valence-corrected chi connectivity index (χ2v) is 7.54. The molecule has 0 aromatic heterocycles. The van der Waals surface area contributed by atoms with Gasteiger partial charge < -0.3 is 10.4 Å². The first-order chi connectivity index (χ1) is 11.7. The average molecular weight is 319 g/mol. The molecule has 5 atom stereocenters. The van der Waals surface area contributed by atoms with Gasteiger partial charge in [-0.3, -0.25) is 0 Å². The number of hydrogen-bond acceptors (Lipinski definition) is 2. The van der Waals surface area contributed by atoms with Gasteiger partial charge in [0.2, 0.25) is 0 Å². The standard InChI is InChI=1S/C21H21NO2/c23-21(24)16-8-4-7-15-17-13-9-10-14(11-13)18(17)19(22-20(15)16)12-5-2-1-3-6-12/h1-8,13-14,17-19,22H,9-11H2,(H,23,24)/t13-,14-,17+,18+,19-/m0/s1. The van der Waals surface area contributed by atoms with Crippen LogP contribution in [0.3, 0.4) is 0 Å². The minimum Gasteiger partial charge on any atom is -0.478 e. The van der Waals surface area contributed by atoms with Gasteiger partial charge in [-0.2, -0.15) is 0 Å². The van der Waals surface area contributed by atoms with Crippen LogP contribution in [0.15, 0.2) is 48.5 Å². The lowest BCUT2D eigenvalue weighted by Gasteiger charge is -2.44. The van der Waals surface area contributed by atoms with Crippen LogP contribution in [0.5, 0.6) is 0 Å². The normalized spacial score (nSPS) is 32.8. The number of rotatable bonds is 2. The molecule has 3 nitrogen and oxygen atoms in total. The van der Waals surface area contributed by atoms with Crippen molar-refractivity contribution in [3.05, 3.63) is 65.2 Å². The zero-order valence-electron chi connectivity index (χ0n) is 13.5. The second-order valence-electron chi connectivity index (χ2n) is 7.54. The van der Waals surface area contributed by atoms with Gasteiger partial charge in [-0.15, -0.1) is 0 Å². The summed E-state index contributed by atoms with van der Waals surface area (Å²) in [7, 11) is 0. The Balaban J connectivity index is 1.69. The Labute approximate surface area is 141 Å². The van der Waals surface area contributed by atoms with Crippen molar-refractivity contribution in [2.24, 2.45) is 17.8 Å². The molecule has 3 heteroatoms. The fourth-order valence-corrected chi connectivity index (χ4v) is 5.68. The molecule has 2 aliphatic carbocycles. The molecule has 2 saturated carbocycles. The highest BCUT2D eigenvalue weighted by Crippen LogP contribution is 2.63. The van der Waals surface area contributed by atoms with Gasteiger partial charge in [0, 0.05) is 0 Å². The summed E-state index contributed by atoms with van der Waals surface area (Å²) < 4.78 is 0. The van der Waals surface area contributed by atoms with Crippen molar-refractivity contribution in [2.45, 2.75) is 31.2 Å². The van der Waals surface area contributed by atoms with Crippen LogP contribution in [-0.4, -0.2) is 11.1 Å². The zero-order valence-corrected chi connectivity index (χ0v) is 13.5. The first-order valence-electron chi connectivity index (χ1n) is 8.91. The summed E-state index contributed by atoms with van der Waals surface area (Å²) in [5.74, 6) is 1.73. The first kappa shape index (κ1) is 14.1. The fourth-order valence-electron chi connectivity index (χ4n) is 5.68. The van der Waals surface area contributed by atoms with Gasteiger partial charge >= 0.3 is 5.97 Å². The lowest BCUT2D eigenvalue weighted by Crippen LogP contribution is -2.36. The minimum absolute atomic E-state index is 0.222. The lowest BCUT2D eigenvalue weighted by atomic mass is 9.67. The van der Waals surface area contributed by atoms with Crippen molar-refractivity contribution in [3.8, 4) is 0 Å². The van der Waals surface area contributed by atoms with Gasteiger partial charge in [-0.05, 0) is 60.1 Å². The van der Waals surface area contributed by atoms with Gasteiger partial charge in [0.25, 0.3) is 0 Å². The first-order valence-corrected chi connectivity index (χ1v) is 8.91. The average Bonchev–Trinajstić information content (AvgIpc) is 3.23. The molecule has 2 bridgehead atoms. The predicted molar refractivity (Wildman–Crippen MR) is 93.3 cm³/mol. The number of carboxylic acids is 1. The van der Waals surface area contributed by atoms with Crippen LogP contribution in [0.2, 0.25) is 0 Å². The Bertz CT molecular complexity index is 801. The van der Waals surface area contributed by atoms with Crippen molar-refractivity contribution in [1.82, 2.24) is 0 Å². The van der Waals surface area contributed by atoms with Gasteiger partial charge in [-0.1, -0.05) is 42.5 Å². The van der Waals surface area contributed by atoms with E-state index >= 15 is 0 Å². The van der Waals surface area contributed by atoms with Crippen molar-refractivity contribution in [2.75, 3.05) is 5.32 Å². The van der Waals surface area contributed by atoms with E-state index < -0.39 is 5.97 Å². The molecule has 3 aliphatic rings. The number of aromatic carboxylic acids is 1. The van der Waals surface area contributed by atoms with Crippen LogP contribution in [0.25, 0.3) is 0 Å². The highest BCUT2D eigenvalue weighted by atomic mass is 16.4. The maximum atomic E-state index is 11.7. The SMILES string of the molecule is O=C(O)c1cccc2c1N[C@@H](c1ccccc1)[C@@H]1[C@H]3CC[C@@H](C3)[C@H]21. The second kappa shape index (κ2) is 5.10. The summed E-state index contributed by atoms with van der Waals surface area (Å²) in [5, 5.41) is 13.3. The third kappa shape index (κ3) is 1.87. The molecule has 1 heterocycles. The molecule has 0 spiro atoms. The van der Waals surface area contributed by atoms with Crippen LogP contribution in [0, 0.1) is 17.8 Å². The topological polar surface area (TPSA) is 49.3 Å². The smallest absolute Gasteiger partial charge is 0.337 e. The predicted octanol–water partition coefficient (Wildman–Crippen LogP) is 4.68. The van der Waals surface area contributed by atoms with Gasteiger partial charge in [-0.25, -0.2) is 4.79 Å². The summed E-state index contributed by atoms with van der Waals surface area (Å²) in [6.45, 7) is 0. The molecule has 2 N–H and O–H groups in total. The third-order valence-corrected chi connectivity index (χ3v) is 6.51. The number of benzene rings is 2. The highest BCUT2D eigenvalue weighted by Gasteiger charge is 2.54. The number of nitrogens with one attached hydrogen (secondary N) is 1. The number of anilines is 1. The van der Waals surface area contributed by atoms with E-state index in [9.17, 15) is 9.90 Å². The molecule has 1 aliphatic heterocycles. The quantitative estimate of drug-likeness (QED) is 0.845. The highest BCUT2D eigenvalue weighted by molar-refractivity contribution is 5.95. The van der Waals surface area contributed by atoms with Gasteiger partial charge in [0.15, 0.2) is 0 Å². The van der Waals surface area contributed by atoms with E-state index in [1.54, 1.807) is 6.07 Å². The Morgan fingerprint density at radius 3 is 2.58 bits per heavy atom. The van der Waals surface area contributed by atoms with E-state index in [1.807, 2.05) is 12.1 Å². The summed E-state index contributed by atoms with van der Waals surface area (Å²) in [6.07, 6.45) is 3.92. The fraction of sp³-hybridized carbons (Fsp3) is 0.381. The number of carboxylic acid groups (broad SMARTS) is 1. The van der Waals surface area contributed by atoms with E-state index in [0.29, 0.717) is 17.4 Å². The summed E-state index contributed by atoms with van der Waals surface area (Å²) in [6, 6.07) is 16.6. The molecule has 2 fully saturated rings. The number of hydrogen-bond donors (Lipinski definition) is 2. The molecular weight excluding hydrogens is 298 g/mol. The van der Waals surface area contributed by atoms with E-state index in [-0.39, 0.29) is 6.04 Å². The minimum atomic E-state index is -0.840. The molecule has 0 radical (unpaired) electrons. The Morgan fingerprint density at radius 2 is 1.79 bits per heavy atom. The van der Waals surface area contributed by atoms with Crippen molar-refractivity contribution < 1.29 is 9.90 Å². The van der Waals surface area contributed by atoms with Crippen molar-refractivity contribution in [3.63, 3.8) is 0 Å². The van der Waals surface area contributed by atoms with Crippen LogP contribution in [-0.2, 0) is 0 Å². The molecule has 0 saturated heterocycles. The molecule has 24 heavy (non-hydrogen) atoms. The third-order valence-electron chi connectivity index (χ3n) is 6.51. The van der Waals surface area contributed by atoms with E-state index in [0.717, 1.165) is 17.5 Å². The van der Waals surface area contributed by atoms with E-state index in [2.05, 4.69) is 35.6 Å². The Morgan fingerprint density at radius 1 is 1.00 bits per heavy atom. The number of para-hydroxylation sites is 1. The Kier molecular flexibility index (Phi) is 2.99. The van der Waals surface area contributed by atoms with Crippen LogP contribution < -0.4 is 5.32 Å². The maximum absolute atomic E-state index is 11.7. The molecular formula is C21H21NO2.